The van der Waals surface area contributed by atoms with Crippen LogP contribution in [0, 0.1) is 6.92 Å². The lowest BCUT2D eigenvalue weighted by Crippen LogP contribution is -2.25. The molecular weight excluding hydrogens is 393 g/mol. The van der Waals surface area contributed by atoms with Crippen molar-refractivity contribution in [3.05, 3.63) is 121 Å². The van der Waals surface area contributed by atoms with Gasteiger partial charge in [-0.2, -0.15) is 4.15 Å². The molecule has 0 bridgehead atoms. The minimum atomic E-state index is -2.46. The third-order valence-corrected chi connectivity index (χ3v) is 10.2. The maximum absolute atomic E-state index is 13.5. The van der Waals surface area contributed by atoms with Crippen LogP contribution >= 0.6 is 7.05 Å². The molecule has 0 N–H and O–H groups in total. The predicted molar refractivity (Wildman–Crippen MR) is 125 cm³/mol. The SMILES string of the molecule is Cc1ccc([S@](=O)N=P(c2ccccc2)(c2ccccc2)c2ccccc2)cc1. The molecule has 144 valence electrons. The first-order valence-corrected chi connectivity index (χ1v) is 12.3. The van der Waals surface area contributed by atoms with Gasteiger partial charge in [0.1, 0.15) is 0 Å². The van der Waals surface area contributed by atoms with Gasteiger partial charge in [-0.15, -0.1) is 0 Å². The van der Waals surface area contributed by atoms with Crippen molar-refractivity contribution in [2.45, 2.75) is 11.8 Å². The summed E-state index contributed by atoms with van der Waals surface area (Å²) in [6.45, 7) is 2.03. The molecule has 0 unspecified atom stereocenters. The minimum absolute atomic E-state index is 0.725. The monoisotopic (exact) mass is 415 g/mol. The van der Waals surface area contributed by atoms with Crippen LogP contribution in [-0.2, 0) is 11.0 Å². The van der Waals surface area contributed by atoms with Crippen LogP contribution in [-0.4, -0.2) is 4.21 Å². The van der Waals surface area contributed by atoms with E-state index in [1.807, 2.05) is 85.8 Å². The molecule has 0 radical (unpaired) electrons. The topological polar surface area (TPSA) is 29.4 Å². The molecule has 1 atom stereocenters. The van der Waals surface area contributed by atoms with Gasteiger partial charge in [0.2, 0.25) is 0 Å². The van der Waals surface area contributed by atoms with Gasteiger partial charge in [0.05, 0.1) is 11.9 Å². The van der Waals surface area contributed by atoms with Crippen molar-refractivity contribution in [1.82, 2.24) is 0 Å². The maximum Gasteiger partial charge on any atom is 0.172 e. The minimum Gasteiger partial charge on any atom is -0.230 e. The lowest BCUT2D eigenvalue weighted by atomic mass is 10.2. The van der Waals surface area contributed by atoms with E-state index in [-0.39, 0.29) is 0 Å². The van der Waals surface area contributed by atoms with Crippen LogP contribution < -0.4 is 15.9 Å². The Kier molecular flexibility index (Phi) is 5.89. The van der Waals surface area contributed by atoms with Crippen molar-refractivity contribution in [3.8, 4) is 0 Å². The van der Waals surface area contributed by atoms with Crippen LogP contribution in [0.3, 0.4) is 0 Å². The first-order chi connectivity index (χ1) is 14.2. The molecule has 4 rings (SSSR count). The largest absolute Gasteiger partial charge is 0.230 e. The third kappa shape index (κ3) is 4.03. The van der Waals surface area contributed by atoms with Gasteiger partial charge in [-0.3, -0.25) is 0 Å². The lowest BCUT2D eigenvalue weighted by Gasteiger charge is -2.26. The second-order valence-corrected chi connectivity index (χ2v) is 11.2. The summed E-state index contributed by atoms with van der Waals surface area (Å²) in [6.07, 6.45) is 0. The van der Waals surface area contributed by atoms with Crippen LogP contribution in [0.15, 0.2) is 124 Å². The highest BCUT2D eigenvalue weighted by Gasteiger charge is 2.28. The van der Waals surface area contributed by atoms with Crippen LogP contribution in [0.1, 0.15) is 5.56 Å². The van der Waals surface area contributed by atoms with Crippen LogP contribution in [0.4, 0.5) is 0 Å². The Hall–Kier alpha value is -2.74. The Morgan fingerprint density at radius 3 is 1.34 bits per heavy atom. The maximum atomic E-state index is 13.5. The van der Waals surface area contributed by atoms with Crippen molar-refractivity contribution in [1.29, 1.82) is 0 Å². The van der Waals surface area contributed by atoms with Gasteiger partial charge in [-0.25, -0.2) is 4.21 Å². The molecule has 0 aliphatic carbocycles. The first-order valence-electron chi connectivity index (χ1n) is 9.48. The van der Waals surface area contributed by atoms with Gasteiger partial charge in [-0.1, -0.05) is 109 Å². The highest BCUT2D eigenvalue weighted by Crippen LogP contribution is 2.47. The molecule has 0 saturated carbocycles. The zero-order valence-corrected chi connectivity index (χ0v) is 17.9. The van der Waals surface area contributed by atoms with E-state index in [1.54, 1.807) is 0 Å². The van der Waals surface area contributed by atoms with E-state index in [1.165, 1.54) is 0 Å². The molecule has 2 nitrogen and oxygen atoms in total. The van der Waals surface area contributed by atoms with E-state index in [0.717, 1.165) is 26.4 Å². The van der Waals surface area contributed by atoms with Gasteiger partial charge < -0.3 is 0 Å². The zero-order valence-electron chi connectivity index (χ0n) is 16.2. The number of nitrogens with zero attached hydrogens (tertiary/aromatic N) is 1. The number of hydrogen-bond acceptors (Lipinski definition) is 1. The fourth-order valence-corrected chi connectivity index (χ4v) is 8.81. The van der Waals surface area contributed by atoms with E-state index in [4.69, 9.17) is 4.15 Å². The molecule has 0 spiro atoms. The molecule has 0 aliphatic rings. The molecular formula is C25H22NOPS. The molecule has 0 heterocycles. The Morgan fingerprint density at radius 1 is 0.586 bits per heavy atom. The van der Waals surface area contributed by atoms with Crippen LogP contribution in [0.25, 0.3) is 0 Å². The summed E-state index contributed by atoms with van der Waals surface area (Å²) in [4.78, 5) is 0.725. The second kappa shape index (κ2) is 8.73. The quantitative estimate of drug-likeness (QED) is 0.412. The molecule has 4 aromatic rings. The Balaban J connectivity index is 2.05. The van der Waals surface area contributed by atoms with Gasteiger partial charge in [0, 0.05) is 15.9 Å². The van der Waals surface area contributed by atoms with E-state index >= 15 is 0 Å². The Labute approximate surface area is 174 Å². The van der Waals surface area contributed by atoms with Crippen molar-refractivity contribution in [3.63, 3.8) is 0 Å². The number of rotatable bonds is 5. The second-order valence-electron chi connectivity index (χ2n) is 6.79. The summed E-state index contributed by atoms with van der Waals surface area (Å²) in [5, 5.41) is 3.29. The highest BCUT2D eigenvalue weighted by molar-refractivity contribution is 7.96. The molecule has 0 amide bonds. The average Bonchev–Trinajstić information content (AvgIpc) is 2.79. The summed E-state index contributed by atoms with van der Waals surface area (Å²) in [5.74, 6) is 0. The van der Waals surface area contributed by atoms with E-state index in [2.05, 4.69) is 36.4 Å². The normalized spacial score (nSPS) is 12.3. The third-order valence-electron chi connectivity index (χ3n) is 4.81. The summed E-state index contributed by atoms with van der Waals surface area (Å²) in [6, 6.07) is 38.6. The van der Waals surface area contributed by atoms with Crippen molar-refractivity contribution in [2.75, 3.05) is 0 Å². The van der Waals surface area contributed by atoms with Crippen molar-refractivity contribution >= 4 is 34.0 Å². The Morgan fingerprint density at radius 2 is 0.966 bits per heavy atom. The van der Waals surface area contributed by atoms with Crippen molar-refractivity contribution in [2.24, 2.45) is 4.15 Å². The highest BCUT2D eigenvalue weighted by atomic mass is 32.2. The molecule has 0 saturated heterocycles. The number of benzene rings is 4. The smallest absolute Gasteiger partial charge is 0.172 e. The van der Waals surface area contributed by atoms with E-state index in [9.17, 15) is 4.21 Å². The summed E-state index contributed by atoms with van der Waals surface area (Å²) in [5.41, 5.74) is 1.14. The Bertz CT molecular complexity index is 1050. The van der Waals surface area contributed by atoms with Crippen LogP contribution in [0.2, 0.25) is 0 Å². The molecule has 29 heavy (non-hydrogen) atoms. The fourth-order valence-electron chi connectivity index (χ4n) is 3.33. The first kappa shape index (κ1) is 19.6. The number of hydrogen-bond donors (Lipinski definition) is 0. The predicted octanol–water partition coefficient (Wildman–Crippen LogP) is 5.20. The van der Waals surface area contributed by atoms with Gasteiger partial charge in [-0.05, 0) is 19.1 Å². The van der Waals surface area contributed by atoms with Gasteiger partial charge in [0.15, 0.2) is 11.0 Å². The standard InChI is InChI=1S/C25H22NOPS/c1-21-17-19-25(20-18-21)29(27)26-28(22-11-5-2-6-12-22,23-13-7-3-8-14-23)24-15-9-4-10-16-24/h2-20H,1H3/t29-/m0/s1. The van der Waals surface area contributed by atoms with Crippen molar-refractivity contribution < 1.29 is 4.21 Å². The average molecular weight is 415 g/mol. The molecule has 0 aliphatic heterocycles. The van der Waals surface area contributed by atoms with E-state index < -0.39 is 18.0 Å². The van der Waals surface area contributed by atoms with Gasteiger partial charge >= 0.3 is 0 Å². The lowest BCUT2D eigenvalue weighted by molar-refractivity contribution is 0.685. The summed E-state index contributed by atoms with van der Waals surface area (Å²) < 4.78 is 18.6. The van der Waals surface area contributed by atoms with Crippen LogP contribution in [0.5, 0.6) is 0 Å². The number of aryl methyl sites for hydroxylation is 1. The fraction of sp³-hybridized carbons (Fsp3) is 0.0400. The molecule has 4 heteroatoms. The molecule has 4 aromatic carbocycles. The summed E-state index contributed by atoms with van der Waals surface area (Å²) >= 11 is 0. The molecule has 0 aromatic heterocycles. The van der Waals surface area contributed by atoms with E-state index in [0.29, 0.717) is 0 Å². The zero-order chi connectivity index (χ0) is 20.1. The summed E-state index contributed by atoms with van der Waals surface area (Å²) in [7, 11) is -3.95. The molecule has 0 fully saturated rings. The van der Waals surface area contributed by atoms with Gasteiger partial charge in [0.25, 0.3) is 0 Å².